The minimum Gasteiger partial charge on any atom is -0.468 e. The van der Waals surface area contributed by atoms with E-state index in [1.165, 1.54) is 32.0 Å². The highest BCUT2D eigenvalue weighted by molar-refractivity contribution is 5.75. The summed E-state index contributed by atoms with van der Waals surface area (Å²) in [5, 5.41) is 0. The quantitative estimate of drug-likeness (QED) is 0.610. The van der Waals surface area contributed by atoms with Crippen LogP contribution in [-0.4, -0.2) is 24.1 Å². The highest BCUT2D eigenvalue weighted by Crippen LogP contribution is 2.42. The maximum absolute atomic E-state index is 14.7. The first kappa shape index (κ1) is 15.5. The summed E-state index contributed by atoms with van der Waals surface area (Å²) in [7, 11) is 0. The van der Waals surface area contributed by atoms with Crippen LogP contribution in [0.15, 0.2) is 41.9 Å². The monoisotopic (exact) mass is 301 g/mol. The number of alkyl halides is 3. The van der Waals surface area contributed by atoms with Crippen LogP contribution in [0.4, 0.5) is 17.6 Å². The van der Waals surface area contributed by atoms with Gasteiger partial charge in [0.2, 0.25) is 6.10 Å². The van der Waals surface area contributed by atoms with Crippen LogP contribution in [-0.2, 0) is 10.3 Å². The second-order valence-electron chi connectivity index (χ2n) is 5.08. The van der Waals surface area contributed by atoms with Crippen LogP contribution in [0.3, 0.4) is 0 Å². The third-order valence-corrected chi connectivity index (χ3v) is 3.56. The molecule has 1 heterocycles. The van der Waals surface area contributed by atoms with E-state index < -0.39 is 29.6 Å². The van der Waals surface area contributed by atoms with E-state index in [1.807, 2.05) is 0 Å². The van der Waals surface area contributed by atoms with Crippen LogP contribution >= 0.6 is 0 Å². The van der Waals surface area contributed by atoms with Crippen LogP contribution in [0.1, 0.15) is 19.4 Å². The number of ether oxygens (including phenoxy) is 1. The van der Waals surface area contributed by atoms with Crippen molar-refractivity contribution in [1.29, 1.82) is 0 Å². The molecule has 0 aliphatic carbocycles. The standard InChI is InChI=1S/C15H15F4NO/c1-4-15(18,19)13-12(17)14(3,20-9(2)21-13)10-7-5-6-8-11(10)16/h4-8,12-13H,1H2,2-3H3/t12-,13-,14+/m0/s1. The molecule has 0 fully saturated rings. The van der Waals surface area contributed by atoms with Crippen molar-refractivity contribution in [3.8, 4) is 0 Å². The summed E-state index contributed by atoms with van der Waals surface area (Å²) in [6.07, 6.45) is -4.01. The van der Waals surface area contributed by atoms with Crippen LogP contribution in [0, 0.1) is 5.82 Å². The van der Waals surface area contributed by atoms with Crippen molar-refractivity contribution in [2.75, 3.05) is 0 Å². The van der Waals surface area contributed by atoms with Gasteiger partial charge < -0.3 is 4.74 Å². The van der Waals surface area contributed by atoms with Crippen molar-refractivity contribution < 1.29 is 22.3 Å². The Morgan fingerprint density at radius 1 is 1.38 bits per heavy atom. The van der Waals surface area contributed by atoms with Crippen molar-refractivity contribution in [3.63, 3.8) is 0 Å². The summed E-state index contributed by atoms with van der Waals surface area (Å²) < 4.78 is 61.1. The Morgan fingerprint density at radius 2 is 2.00 bits per heavy atom. The second-order valence-corrected chi connectivity index (χ2v) is 5.08. The molecule has 0 bridgehead atoms. The van der Waals surface area contributed by atoms with E-state index in [0.717, 1.165) is 6.07 Å². The Labute approximate surface area is 120 Å². The molecule has 0 spiro atoms. The molecule has 0 N–H and O–H groups in total. The van der Waals surface area contributed by atoms with Crippen molar-refractivity contribution in [2.45, 2.75) is 37.6 Å². The first-order valence-corrected chi connectivity index (χ1v) is 6.36. The molecular weight excluding hydrogens is 286 g/mol. The first-order chi connectivity index (χ1) is 9.72. The van der Waals surface area contributed by atoms with E-state index in [4.69, 9.17) is 4.74 Å². The molecule has 1 aromatic carbocycles. The molecule has 0 amide bonds. The lowest BCUT2D eigenvalue weighted by Crippen LogP contribution is -2.54. The van der Waals surface area contributed by atoms with Crippen molar-refractivity contribution in [3.05, 3.63) is 48.3 Å². The van der Waals surface area contributed by atoms with Gasteiger partial charge in [0, 0.05) is 12.5 Å². The average molecular weight is 301 g/mol. The van der Waals surface area contributed by atoms with Crippen molar-refractivity contribution in [2.24, 2.45) is 4.99 Å². The Morgan fingerprint density at radius 3 is 2.57 bits per heavy atom. The third kappa shape index (κ3) is 2.54. The molecule has 1 aromatic rings. The fourth-order valence-corrected chi connectivity index (χ4v) is 2.42. The number of benzene rings is 1. The first-order valence-electron chi connectivity index (χ1n) is 6.36. The fourth-order valence-electron chi connectivity index (χ4n) is 2.42. The van der Waals surface area contributed by atoms with E-state index in [0.29, 0.717) is 6.08 Å². The van der Waals surface area contributed by atoms with Gasteiger partial charge in [-0.05, 0) is 19.1 Å². The summed E-state index contributed by atoms with van der Waals surface area (Å²) in [4.78, 5) is 3.94. The topological polar surface area (TPSA) is 21.6 Å². The van der Waals surface area contributed by atoms with Gasteiger partial charge >= 0.3 is 5.92 Å². The molecule has 114 valence electrons. The van der Waals surface area contributed by atoms with Crippen LogP contribution in [0.25, 0.3) is 0 Å². The van der Waals surface area contributed by atoms with E-state index in [9.17, 15) is 17.6 Å². The molecule has 1 aliphatic heterocycles. The van der Waals surface area contributed by atoms with E-state index >= 15 is 0 Å². The molecule has 2 rings (SSSR count). The Hall–Kier alpha value is -1.85. The number of aliphatic imine (C=N–C) groups is 1. The average Bonchev–Trinajstić information content (AvgIpc) is 2.43. The Kier molecular flexibility index (Phi) is 3.82. The number of halogens is 4. The molecular formula is C15H15F4NO. The molecule has 0 radical (unpaired) electrons. The maximum atomic E-state index is 14.7. The van der Waals surface area contributed by atoms with E-state index in [2.05, 4.69) is 11.6 Å². The lowest BCUT2D eigenvalue weighted by molar-refractivity contribution is -0.119. The smallest absolute Gasteiger partial charge is 0.305 e. The van der Waals surface area contributed by atoms with Crippen LogP contribution in [0.5, 0.6) is 0 Å². The van der Waals surface area contributed by atoms with Crippen LogP contribution < -0.4 is 0 Å². The Bertz CT molecular complexity index is 587. The minimum absolute atomic E-state index is 0.0926. The highest BCUT2D eigenvalue weighted by Gasteiger charge is 2.55. The zero-order valence-electron chi connectivity index (χ0n) is 11.6. The van der Waals surface area contributed by atoms with E-state index in [1.54, 1.807) is 0 Å². The summed E-state index contributed by atoms with van der Waals surface area (Å²) in [6, 6.07) is 5.39. The van der Waals surface area contributed by atoms with E-state index in [-0.39, 0.29) is 11.5 Å². The number of rotatable bonds is 3. The SMILES string of the molecule is C=CC(F)(F)[C@H]1OC(C)=N[C@](C)(c2ccccc2F)[C@H]1F. The lowest BCUT2D eigenvalue weighted by atomic mass is 9.82. The number of hydrogen-bond acceptors (Lipinski definition) is 2. The molecule has 2 nitrogen and oxygen atoms in total. The van der Waals surface area contributed by atoms with Crippen LogP contribution in [0.2, 0.25) is 0 Å². The highest BCUT2D eigenvalue weighted by atomic mass is 19.3. The molecule has 1 aliphatic rings. The Balaban J connectivity index is 2.55. The predicted molar refractivity (Wildman–Crippen MR) is 71.8 cm³/mol. The summed E-state index contributed by atoms with van der Waals surface area (Å²) >= 11 is 0. The van der Waals surface area contributed by atoms with Gasteiger partial charge in [-0.25, -0.2) is 13.8 Å². The molecule has 3 atom stereocenters. The predicted octanol–water partition coefficient (Wildman–Crippen LogP) is 4.02. The molecule has 6 heteroatoms. The molecule has 0 aromatic heterocycles. The zero-order valence-corrected chi connectivity index (χ0v) is 11.6. The second kappa shape index (κ2) is 5.16. The molecule has 0 unspecified atom stereocenters. The van der Waals surface area contributed by atoms with Gasteiger partial charge in [0.1, 0.15) is 11.4 Å². The largest absolute Gasteiger partial charge is 0.468 e. The molecule has 0 saturated heterocycles. The van der Waals surface area contributed by atoms with Gasteiger partial charge in [-0.1, -0.05) is 24.8 Å². The van der Waals surface area contributed by atoms with Gasteiger partial charge in [0.15, 0.2) is 12.1 Å². The van der Waals surface area contributed by atoms with Gasteiger partial charge in [-0.2, -0.15) is 8.78 Å². The number of hydrogen-bond donors (Lipinski definition) is 0. The number of nitrogens with zero attached hydrogens (tertiary/aromatic N) is 1. The summed E-state index contributed by atoms with van der Waals surface area (Å²) in [6.45, 7) is 5.60. The summed E-state index contributed by atoms with van der Waals surface area (Å²) in [5.41, 5.74) is -1.88. The fraction of sp³-hybridized carbons (Fsp3) is 0.400. The van der Waals surface area contributed by atoms with Gasteiger partial charge in [0.05, 0.1) is 0 Å². The molecule has 21 heavy (non-hydrogen) atoms. The minimum atomic E-state index is -3.59. The van der Waals surface area contributed by atoms with Crippen molar-refractivity contribution >= 4 is 5.90 Å². The van der Waals surface area contributed by atoms with Gasteiger partial charge in [-0.3, -0.25) is 0 Å². The summed E-state index contributed by atoms with van der Waals surface area (Å²) in [5.74, 6) is -4.42. The molecule has 0 saturated carbocycles. The zero-order chi connectivity index (χ0) is 15.8. The normalized spacial score (nSPS) is 29.5. The third-order valence-electron chi connectivity index (χ3n) is 3.56. The van der Waals surface area contributed by atoms with Gasteiger partial charge in [-0.15, -0.1) is 0 Å². The van der Waals surface area contributed by atoms with Crippen molar-refractivity contribution in [1.82, 2.24) is 0 Å². The lowest BCUT2D eigenvalue weighted by Gasteiger charge is -2.40. The van der Waals surface area contributed by atoms with Gasteiger partial charge in [0.25, 0.3) is 0 Å². The maximum Gasteiger partial charge on any atom is 0.305 e.